The highest BCUT2D eigenvalue weighted by Crippen LogP contribution is 2.34. The van der Waals surface area contributed by atoms with Gasteiger partial charge >= 0.3 is 0 Å². The molecule has 2 aromatic carbocycles. The zero-order valence-electron chi connectivity index (χ0n) is 13.0. The number of hydrogen-bond acceptors (Lipinski definition) is 3. The number of hydrogen-bond donors (Lipinski definition) is 1. The maximum Gasteiger partial charge on any atom is 0.252 e. The van der Waals surface area contributed by atoms with E-state index in [-0.39, 0.29) is 18.7 Å². The van der Waals surface area contributed by atoms with Crippen molar-refractivity contribution in [2.24, 2.45) is 0 Å². The van der Waals surface area contributed by atoms with Gasteiger partial charge in [0.15, 0.2) is 11.5 Å². The Kier molecular flexibility index (Phi) is 3.75. The number of amides is 1. The standard InChI is InChI=1S/C18H19NO3/c1-11-5-4-6-15(12(11)2)18(20)19-13(3)14-7-8-16-17(9-14)22-10-21-16/h4-9,13H,10H2,1-3H3,(H,19,20). The Hall–Kier alpha value is -2.49. The van der Waals surface area contributed by atoms with Crippen molar-refractivity contribution in [3.63, 3.8) is 0 Å². The lowest BCUT2D eigenvalue weighted by molar-refractivity contribution is 0.0939. The van der Waals surface area contributed by atoms with Gasteiger partial charge in [0.1, 0.15) is 0 Å². The molecule has 114 valence electrons. The summed E-state index contributed by atoms with van der Waals surface area (Å²) >= 11 is 0. The van der Waals surface area contributed by atoms with Gasteiger partial charge in [0.25, 0.3) is 5.91 Å². The van der Waals surface area contributed by atoms with Crippen LogP contribution in [0.3, 0.4) is 0 Å². The molecule has 1 unspecified atom stereocenters. The van der Waals surface area contributed by atoms with E-state index in [0.29, 0.717) is 5.56 Å². The van der Waals surface area contributed by atoms with E-state index in [1.54, 1.807) is 0 Å². The lowest BCUT2D eigenvalue weighted by atomic mass is 10.0. The maximum absolute atomic E-state index is 12.5. The van der Waals surface area contributed by atoms with Crippen LogP contribution in [-0.2, 0) is 0 Å². The fourth-order valence-electron chi connectivity index (χ4n) is 2.54. The van der Waals surface area contributed by atoms with Crippen LogP contribution in [0.15, 0.2) is 36.4 Å². The monoisotopic (exact) mass is 297 g/mol. The number of fused-ring (bicyclic) bond motifs is 1. The van der Waals surface area contributed by atoms with Gasteiger partial charge in [-0.3, -0.25) is 4.79 Å². The van der Waals surface area contributed by atoms with Gasteiger partial charge in [-0.25, -0.2) is 0 Å². The smallest absolute Gasteiger partial charge is 0.252 e. The van der Waals surface area contributed by atoms with Gasteiger partial charge in [0.05, 0.1) is 6.04 Å². The molecule has 1 N–H and O–H groups in total. The topological polar surface area (TPSA) is 47.6 Å². The number of ether oxygens (including phenoxy) is 2. The van der Waals surface area contributed by atoms with Crippen LogP contribution in [0.2, 0.25) is 0 Å². The second kappa shape index (κ2) is 5.72. The molecule has 0 saturated carbocycles. The predicted molar refractivity (Wildman–Crippen MR) is 84.4 cm³/mol. The Labute approximate surface area is 130 Å². The Morgan fingerprint density at radius 3 is 2.73 bits per heavy atom. The molecule has 0 bridgehead atoms. The number of nitrogens with one attached hydrogen (secondary N) is 1. The van der Waals surface area contributed by atoms with E-state index in [2.05, 4.69) is 5.32 Å². The van der Waals surface area contributed by atoms with E-state index in [9.17, 15) is 4.79 Å². The normalized spacial score (nSPS) is 13.8. The molecule has 1 amide bonds. The fourth-order valence-corrected chi connectivity index (χ4v) is 2.54. The van der Waals surface area contributed by atoms with Gasteiger partial charge in [-0.2, -0.15) is 0 Å². The minimum atomic E-state index is -0.109. The molecule has 4 nitrogen and oxygen atoms in total. The third kappa shape index (κ3) is 2.64. The summed E-state index contributed by atoms with van der Waals surface area (Å²) in [6.45, 7) is 6.19. The van der Waals surface area contributed by atoms with E-state index in [4.69, 9.17) is 9.47 Å². The van der Waals surface area contributed by atoms with Crippen LogP contribution in [0.5, 0.6) is 11.5 Å². The van der Waals surface area contributed by atoms with Crippen LogP contribution in [0.4, 0.5) is 0 Å². The molecule has 0 aromatic heterocycles. The minimum absolute atomic E-state index is 0.0635. The van der Waals surface area contributed by atoms with E-state index in [0.717, 1.165) is 28.2 Å². The van der Waals surface area contributed by atoms with Crippen LogP contribution in [0, 0.1) is 13.8 Å². The summed E-state index contributed by atoms with van der Waals surface area (Å²) in [6, 6.07) is 11.4. The Balaban J connectivity index is 1.77. The molecule has 1 aliphatic heterocycles. The molecule has 0 saturated heterocycles. The van der Waals surface area contributed by atoms with Gasteiger partial charge < -0.3 is 14.8 Å². The highest BCUT2D eigenvalue weighted by atomic mass is 16.7. The molecule has 0 radical (unpaired) electrons. The first kappa shape index (κ1) is 14.4. The van der Waals surface area contributed by atoms with E-state index >= 15 is 0 Å². The van der Waals surface area contributed by atoms with Gasteiger partial charge in [-0.05, 0) is 55.7 Å². The highest BCUT2D eigenvalue weighted by Gasteiger charge is 2.18. The average molecular weight is 297 g/mol. The van der Waals surface area contributed by atoms with Crippen molar-refractivity contribution in [3.05, 3.63) is 58.7 Å². The van der Waals surface area contributed by atoms with Crippen LogP contribution in [-0.4, -0.2) is 12.7 Å². The lowest BCUT2D eigenvalue weighted by Crippen LogP contribution is -2.27. The number of rotatable bonds is 3. The molecular formula is C18H19NO3. The van der Waals surface area contributed by atoms with E-state index in [1.807, 2.05) is 57.2 Å². The SMILES string of the molecule is Cc1cccc(C(=O)NC(C)c2ccc3c(c2)OCO3)c1C. The quantitative estimate of drug-likeness (QED) is 0.943. The molecule has 3 rings (SSSR count). The van der Waals surface area contributed by atoms with Crippen molar-refractivity contribution >= 4 is 5.91 Å². The first-order valence-corrected chi connectivity index (χ1v) is 7.33. The zero-order valence-corrected chi connectivity index (χ0v) is 13.0. The Bertz CT molecular complexity index is 724. The van der Waals surface area contributed by atoms with Gasteiger partial charge in [-0.15, -0.1) is 0 Å². The molecule has 0 aliphatic carbocycles. The van der Waals surface area contributed by atoms with Crippen molar-refractivity contribution < 1.29 is 14.3 Å². The molecule has 1 heterocycles. The zero-order chi connectivity index (χ0) is 15.7. The van der Waals surface area contributed by atoms with Crippen molar-refractivity contribution in [3.8, 4) is 11.5 Å². The Morgan fingerprint density at radius 2 is 1.91 bits per heavy atom. The summed E-state index contributed by atoms with van der Waals surface area (Å²) in [5.74, 6) is 1.41. The largest absolute Gasteiger partial charge is 0.454 e. The van der Waals surface area contributed by atoms with Crippen LogP contribution < -0.4 is 14.8 Å². The van der Waals surface area contributed by atoms with Crippen LogP contribution in [0.1, 0.15) is 40.0 Å². The second-order valence-corrected chi connectivity index (χ2v) is 5.56. The molecule has 1 atom stereocenters. The molecule has 4 heteroatoms. The number of carbonyl (C=O) groups is 1. The summed E-state index contributed by atoms with van der Waals surface area (Å²) < 4.78 is 10.7. The molecule has 22 heavy (non-hydrogen) atoms. The first-order valence-electron chi connectivity index (χ1n) is 7.33. The number of aryl methyl sites for hydroxylation is 1. The van der Waals surface area contributed by atoms with Crippen LogP contribution in [0.25, 0.3) is 0 Å². The number of carbonyl (C=O) groups excluding carboxylic acids is 1. The molecule has 0 spiro atoms. The van der Waals surface area contributed by atoms with Gasteiger partial charge in [0.2, 0.25) is 6.79 Å². The maximum atomic E-state index is 12.5. The van der Waals surface area contributed by atoms with Gasteiger partial charge in [0, 0.05) is 5.56 Å². The third-order valence-electron chi connectivity index (χ3n) is 4.09. The highest BCUT2D eigenvalue weighted by molar-refractivity contribution is 5.96. The summed E-state index contributed by atoms with van der Waals surface area (Å²) in [6.07, 6.45) is 0. The molecule has 1 aliphatic rings. The Morgan fingerprint density at radius 1 is 1.14 bits per heavy atom. The molecule has 0 fully saturated rings. The van der Waals surface area contributed by atoms with E-state index in [1.165, 1.54) is 0 Å². The van der Waals surface area contributed by atoms with Crippen molar-refractivity contribution in [2.75, 3.05) is 6.79 Å². The van der Waals surface area contributed by atoms with Crippen molar-refractivity contribution in [1.29, 1.82) is 0 Å². The number of benzene rings is 2. The molecular weight excluding hydrogens is 278 g/mol. The third-order valence-corrected chi connectivity index (χ3v) is 4.09. The first-order chi connectivity index (χ1) is 10.6. The summed E-state index contributed by atoms with van der Waals surface area (Å²) in [4.78, 5) is 12.5. The second-order valence-electron chi connectivity index (χ2n) is 5.56. The summed E-state index contributed by atoms with van der Waals surface area (Å²) in [5, 5.41) is 3.04. The molecule has 2 aromatic rings. The average Bonchev–Trinajstić information content (AvgIpc) is 2.97. The summed E-state index contributed by atoms with van der Waals surface area (Å²) in [5.41, 5.74) is 3.83. The summed E-state index contributed by atoms with van der Waals surface area (Å²) in [7, 11) is 0. The van der Waals surface area contributed by atoms with Crippen LogP contribution >= 0.6 is 0 Å². The van der Waals surface area contributed by atoms with Gasteiger partial charge in [-0.1, -0.05) is 18.2 Å². The predicted octanol–water partition coefficient (Wildman–Crippen LogP) is 3.52. The minimum Gasteiger partial charge on any atom is -0.454 e. The lowest BCUT2D eigenvalue weighted by Gasteiger charge is -2.16. The van der Waals surface area contributed by atoms with Crippen molar-refractivity contribution in [2.45, 2.75) is 26.8 Å². The van der Waals surface area contributed by atoms with Crippen molar-refractivity contribution in [1.82, 2.24) is 5.32 Å². The fraction of sp³-hybridized carbons (Fsp3) is 0.278. The van der Waals surface area contributed by atoms with E-state index < -0.39 is 0 Å².